The van der Waals surface area contributed by atoms with Crippen molar-refractivity contribution < 1.29 is 14.3 Å². The van der Waals surface area contributed by atoms with Crippen molar-refractivity contribution in [2.45, 2.75) is 18.6 Å². The molecule has 78 valence electrons. The average Bonchev–Trinajstić information content (AvgIpc) is 2.74. The first-order chi connectivity index (χ1) is 7.32. The zero-order chi connectivity index (χ0) is 10.3. The first-order valence-corrected chi connectivity index (χ1v) is 5.08. The SMILES string of the molecule is O=C1CCC2(OCCO2)c2cccnc21. The molecule has 15 heavy (non-hydrogen) atoms. The number of hydrogen-bond acceptors (Lipinski definition) is 4. The van der Waals surface area contributed by atoms with Crippen molar-refractivity contribution in [2.24, 2.45) is 0 Å². The maximum Gasteiger partial charge on any atom is 0.197 e. The molecule has 0 atom stereocenters. The third-order valence-electron chi connectivity index (χ3n) is 2.92. The van der Waals surface area contributed by atoms with E-state index in [1.165, 1.54) is 0 Å². The minimum absolute atomic E-state index is 0.0790. The van der Waals surface area contributed by atoms with E-state index < -0.39 is 5.79 Å². The summed E-state index contributed by atoms with van der Waals surface area (Å²) < 4.78 is 11.3. The Bertz CT molecular complexity index is 410. The molecule has 1 aromatic rings. The molecule has 1 aliphatic carbocycles. The number of hydrogen-bond donors (Lipinski definition) is 0. The molecule has 1 fully saturated rings. The Hall–Kier alpha value is -1.26. The molecule has 0 aromatic carbocycles. The van der Waals surface area contributed by atoms with Gasteiger partial charge in [-0.05, 0) is 12.1 Å². The Balaban J connectivity index is 2.15. The van der Waals surface area contributed by atoms with E-state index in [2.05, 4.69) is 4.98 Å². The van der Waals surface area contributed by atoms with Crippen LogP contribution in [-0.4, -0.2) is 24.0 Å². The van der Waals surface area contributed by atoms with Gasteiger partial charge in [-0.3, -0.25) is 9.78 Å². The summed E-state index contributed by atoms with van der Waals surface area (Å²) in [4.78, 5) is 15.8. The van der Waals surface area contributed by atoms with Gasteiger partial charge in [-0.15, -0.1) is 0 Å². The summed E-state index contributed by atoms with van der Waals surface area (Å²) in [6.45, 7) is 1.17. The minimum atomic E-state index is -0.697. The van der Waals surface area contributed by atoms with Gasteiger partial charge in [0, 0.05) is 24.6 Å². The topological polar surface area (TPSA) is 48.4 Å². The van der Waals surface area contributed by atoms with E-state index in [1.54, 1.807) is 6.20 Å². The highest BCUT2D eigenvalue weighted by Gasteiger charge is 2.44. The normalized spacial score (nSPS) is 23.1. The third kappa shape index (κ3) is 1.22. The van der Waals surface area contributed by atoms with Gasteiger partial charge in [0.1, 0.15) is 5.69 Å². The molecular weight excluding hydrogens is 194 g/mol. The van der Waals surface area contributed by atoms with Gasteiger partial charge in [0.2, 0.25) is 0 Å². The third-order valence-corrected chi connectivity index (χ3v) is 2.92. The molecule has 0 radical (unpaired) electrons. The average molecular weight is 205 g/mol. The number of ether oxygens (including phenoxy) is 2. The van der Waals surface area contributed by atoms with Gasteiger partial charge in [0.25, 0.3) is 0 Å². The highest BCUT2D eigenvalue weighted by molar-refractivity contribution is 5.97. The lowest BCUT2D eigenvalue weighted by atomic mass is 9.89. The molecule has 0 unspecified atom stereocenters. The second-order valence-corrected chi connectivity index (χ2v) is 3.77. The van der Waals surface area contributed by atoms with Crippen LogP contribution in [0.1, 0.15) is 28.9 Å². The molecule has 0 amide bonds. The molecule has 2 heterocycles. The highest BCUT2D eigenvalue weighted by Crippen LogP contribution is 2.40. The van der Waals surface area contributed by atoms with Gasteiger partial charge in [0.05, 0.1) is 13.2 Å². The number of carbonyl (C=O) groups excluding carboxylic acids is 1. The first-order valence-electron chi connectivity index (χ1n) is 5.08. The van der Waals surface area contributed by atoms with Gasteiger partial charge in [-0.2, -0.15) is 0 Å². The van der Waals surface area contributed by atoms with Crippen molar-refractivity contribution in [3.8, 4) is 0 Å². The largest absolute Gasteiger partial charge is 0.343 e. The fourth-order valence-electron chi connectivity index (χ4n) is 2.22. The second-order valence-electron chi connectivity index (χ2n) is 3.77. The van der Waals surface area contributed by atoms with E-state index >= 15 is 0 Å². The standard InChI is InChI=1S/C11H11NO3/c13-9-3-4-11(14-6-7-15-11)8-2-1-5-12-10(8)9/h1-2,5H,3-4,6-7H2. The molecule has 1 spiro atoms. The monoisotopic (exact) mass is 205 g/mol. The zero-order valence-corrected chi connectivity index (χ0v) is 8.23. The Kier molecular flexibility index (Phi) is 1.87. The van der Waals surface area contributed by atoms with Gasteiger partial charge >= 0.3 is 0 Å². The predicted molar refractivity (Wildman–Crippen MR) is 51.4 cm³/mol. The van der Waals surface area contributed by atoms with Crippen molar-refractivity contribution in [1.82, 2.24) is 4.98 Å². The van der Waals surface area contributed by atoms with Crippen LogP contribution in [0, 0.1) is 0 Å². The van der Waals surface area contributed by atoms with Crippen LogP contribution in [0.4, 0.5) is 0 Å². The van der Waals surface area contributed by atoms with E-state index in [1.807, 2.05) is 12.1 Å². The Morgan fingerprint density at radius 3 is 2.93 bits per heavy atom. The number of carbonyl (C=O) groups is 1. The number of ketones is 1. The Labute approximate surface area is 87.2 Å². The maximum atomic E-state index is 11.7. The minimum Gasteiger partial charge on any atom is -0.343 e. The van der Waals surface area contributed by atoms with Crippen LogP contribution in [0.2, 0.25) is 0 Å². The van der Waals surface area contributed by atoms with Gasteiger partial charge < -0.3 is 9.47 Å². The van der Waals surface area contributed by atoms with E-state index in [0.717, 1.165) is 5.56 Å². The molecule has 0 N–H and O–H groups in total. The van der Waals surface area contributed by atoms with Gasteiger partial charge in [-0.25, -0.2) is 0 Å². The summed E-state index contributed by atoms with van der Waals surface area (Å²) in [5, 5.41) is 0. The van der Waals surface area contributed by atoms with Crippen molar-refractivity contribution in [1.29, 1.82) is 0 Å². The van der Waals surface area contributed by atoms with E-state index in [4.69, 9.17) is 9.47 Å². The van der Waals surface area contributed by atoms with E-state index in [9.17, 15) is 4.79 Å². The van der Waals surface area contributed by atoms with Crippen LogP contribution in [0.15, 0.2) is 18.3 Å². The lowest BCUT2D eigenvalue weighted by Gasteiger charge is -2.32. The van der Waals surface area contributed by atoms with Gasteiger partial charge in [0.15, 0.2) is 11.6 Å². The number of aromatic nitrogens is 1. The van der Waals surface area contributed by atoms with Crippen LogP contribution in [0.3, 0.4) is 0 Å². The smallest absolute Gasteiger partial charge is 0.197 e. The zero-order valence-electron chi connectivity index (χ0n) is 8.23. The molecular formula is C11H11NO3. The Morgan fingerprint density at radius 2 is 2.13 bits per heavy atom. The van der Waals surface area contributed by atoms with Crippen LogP contribution in [-0.2, 0) is 15.3 Å². The van der Waals surface area contributed by atoms with Crippen molar-refractivity contribution in [3.63, 3.8) is 0 Å². The molecule has 0 saturated carbocycles. The summed E-state index contributed by atoms with van der Waals surface area (Å²) in [5.74, 6) is -0.618. The van der Waals surface area contributed by atoms with Crippen LogP contribution in [0.5, 0.6) is 0 Å². The van der Waals surface area contributed by atoms with E-state index in [-0.39, 0.29) is 5.78 Å². The number of Topliss-reactive ketones (excluding diaryl/α,β-unsaturated/α-hetero) is 1. The Morgan fingerprint density at radius 1 is 1.33 bits per heavy atom. The lowest BCUT2D eigenvalue weighted by molar-refractivity contribution is -0.172. The molecule has 3 rings (SSSR count). The number of pyridine rings is 1. The lowest BCUT2D eigenvalue weighted by Crippen LogP contribution is -2.34. The fraction of sp³-hybridized carbons (Fsp3) is 0.455. The summed E-state index contributed by atoms with van der Waals surface area (Å²) in [7, 11) is 0. The molecule has 0 bridgehead atoms. The molecule has 4 nitrogen and oxygen atoms in total. The van der Waals surface area contributed by atoms with Crippen molar-refractivity contribution in [2.75, 3.05) is 13.2 Å². The summed E-state index contributed by atoms with van der Waals surface area (Å²) >= 11 is 0. The van der Waals surface area contributed by atoms with Crippen LogP contribution < -0.4 is 0 Å². The summed E-state index contributed by atoms with van der Waals surface area (Å²) in [5.41, 5.74) is 1.30. The number of fused-ring (bicyclic) bond motifs is 2. The van der Waals surface area contributed by atoms with Crippen LogP contribution >= 0.6 is 0 Å². The molecule has 2 aliphatic rings. The van der Waals surface area contributed by atoms with Crippen molar-refractivity contribution in [3.05, 3.63) is 29.6 Å². The van der Waals surface area contributed by atoms with Gasteiger partial charge in [-0.1, -0.05) is 0 Å². The molecule has 1 aliphatic heterocycles. The molecule has 1 saturated heterocycles. The molecule has 4 heteroatoms. The number of nitrogens with zero attached hydrogens (tertiary/aromatic N) is 1. The predicted octanol–water partition coefficient (Wildman–Crippen LogP) is 1.26. The quantitative estimate of drug-likeness (QED) is 0.639. The van der Waals surface area contributed by atoms with Crippen molar-refractivity contribution >= 4 is 5.78 Å². The molecule has 1 aromatic heterocycles. The first kappa shape index (κ1) is 9.00. The number of rotatable bonds is 0. The summed E-state index contributed by atoms with van der Waals surface area (Å²) in [6.07, 6.45) is 2.68. The highest BCUT2D eigenvalue weighted by atomic mass is 16.7. The summed E-state index contributed by atoms with van der Waals surface area (Å²) in [6, 6.07) is 3.68. The van der Waals surface area contributed by atoms with Crippen LogP contribution in [0.25, 0.3) is 0 Å². The maximum absolute atomic E-state index is 11.7. The second kappa shape index (κ2) is 3.12. The van der Waals surface area contributed by atoms with E-state index in [0.29, 0.717) is 31.7 Å². The fourth-order valence-corrected chi connectivity index (χ4v) is 2.22.